The smallest absolute Gasteiger partial charge is 0.147 e. The Morgan fingerprint density at radius 2 is 2.18 bits per heavy atom. The zero-order valence-electron chi connectivity index (χ0n) is 9.38. The lowest BCUT2D eigenvalue weighted by Crippen LogP contribution is -2.20. The summed E-state index contributed by atoms with van der Waals surface area (Å²) in [6.07, 6.45) is 0. The number of hydrogen-bond donors (Lipinski definition) is 1. The van der Waals surface area contributed by atoms with Gasteiger partial charge < -0.3 is 15.2 Å². The van der Waals surface area contributed by atoms with Crippen molar-refractivity contribution in [3.05, 3.63) is 33.0 Å². The second-order valence-electron chi connectivity index (χ2n) is 3.44. The van der Waals surface area contributed by atoms with Gasteiger partial charge in [-0.15, -0.1) is 0 Å². The van der Waals surface area contributed by atoms with E-state index in [0.717, 1.165) is 0 Å². The lowest BCUT2D eigenvalue weighted by atomic mass is 10.1. The number of benzene rings is 1. The monoisotopic (exact) mass is 325 g/mol. The first kappa shape index (κ1) is 14.9. The Bertz CT molecular complexity index is 379. The van der Waals surface area contributed by atoms with Crippen molar-refractivity contribution >= 4 is 27.5 Å². The van der Waals surface area contributed by atoms with Gasteiger partial charge in [-0.1, -0.05) is 17.7 Å². The molecular weight excluding hydrogens is 312 g/mol. The second kappa shape index (κ2) is 7.28. The summed E-state index contributed by atoms with van der Waals surface area (Å²) in [5.41, 5.74) is 6.16. The molecule has 0 fully saturated rings. The molecule has 1 unspecified atom stereocenters. The highest BCUT2D eigenvalue weighted by Gasteiger charge is 2.16. The first-order valence-corrected chi connectivity index (χ1v) is 6.20. The fourth-order valence-corrected chi connectivity index (χ4v) is 1.75. The number of hydrogen-bond acceptors (Lipinski definition) is 3. The van der Waals surface area contributed by atoms with Crippen LogP contribution in [0.25, 0.3) is 0 Å². The predicted octanol–water partition coefficient (Wildman–Crippen LogP) is 2.90. The van der Waals surface area contributed by atoms with Crippen molar-refractivity contribution in [2.75, 3.05) is 26.9 Å². The largest absolute Gasteiger partial charge is 0.382 e. The van der Waals surface area contributed by atoms with Gasteiger partial charge in [-0.05, 0) is 22.0 Å². The number of rotatable bonds is 6. The minimum absolute atomic E-state index is 0.0369. The molecular formula is C11H14BrClFNO2. The number of ether oxygens (including phenoxy) is 2. The minimum Gasteiger partial charge on any atom is -0.382 e. The third-order valence-corrected chi connectivity index (χ3v) is 3.45. The average molecular weight is 327 g/mol. The summed E-state index contributed by atoms with van der Waals surface area (Å²) in [5.74, 6) is -0.510. The van der Waals surface area contributed by atoms with Crippen LogP contribution >= 0.6 is 27.5 Å². The zero-order chi connectivity index (χ0) is 12.8. The van der Waals surface area contributed by atoms with Gasteiger partial charge in [0.2, 0.25) is 0 Å². The third-order valence-electron chi connectivity index (χ3n) is 2.19. The zero-order valence-corrected chi connectivity index (χ0v) is 11.7. The summed E-state index contributed by atoms with van der Waals surface area (Å²) >= 11 is 8.91. The van der Waals surface area contributed by atoms with E-state index in [9.17, 15) is 4.39 Å². The summed E-state index contributed by atoms with van der Waals surface area (Å²) in [6.45, 7) is 1.13. The fraction of sp³-hybridized carbons (Fsp3) is 0.455. The summed E-state index contributed by atoms with van der Waals surface area (Å²) < 4.78 is 24.3. The predicted molar refractivity (Wildman–Crippen MR) is 68.7 cm³/mol. The topological polar surface area (TPSA) is 44.5 Å². The standard InChI is InChI=1S/C11H14BrClFNO2/c1-16-4-5-17-6-9(15)7-2-3-8(12)10(13)11(7)14/h2-3,9H,4-6,15H2,1H3. The van der Waals surface area contributed by atoms with Crippen LogP contribution in [-0.4, -0.2) is 26.9 Å². The highest BCUT2D eigenvalue weighted by molar-refractivity contribution is 9.10. The Hall–Kier alpha value is -0.200. The van der Waals surface area contributed by atoms with Crippen LogP contribution < -0.4 is 5.73 Å². The van der Waals surface area contributed by atoms with Crippen molar-refractivity contribution in [2.24, 2.45) is 5.73 Å². The summed E-state index contributed by atoms with van der Waals surface area (Å²) in [5, 5.41) is 0.0369. The van der Waals surface area contributed by atoms with E-state index in [1.54, 1.807) is 19.2 Å². The first-order valence-electron chi connectivity index (χ1n) is 5.03. The van der Waals surface area contributed by atoms with Crippen molar-refractivity contribution in [3.63, 3.8) is 0 Å². The van der Waals surface area contributed by atoms with E-state index in [1.165, 1.54) is 0 Å². The fourth-order valence-electron chi connectivity index (χ4n) is 1.27. The molecule has 2 N–H and O–H groups in total. The third kappa shape index (κ3) is 4.19. The maximum absolute atomic E-state index is 13.8. The van der Waals surface area contributed by atoms with Gasteiger partial charge in [0.1, 0.15) is 5.82 Å². The van der Waals surface area contributed by atoms with E-state index >= 15 is 0 Å². The molecule has 1 aromatic rings. The van der Waals surface area contributed by atoms with Crippen LogP contribution in [0.5, 0.6) is 0 Å². The number of halogens is 3. The lowest BCUT2D eigenvalue weighted by molar-refractivity contribution is 0.0632. The molecule has 0 aliphatic carbocycles. The molecule has 3 nitrogen and oxygen atoms in total. The van der Waals surface area contributed by atoms with Crippen molar-refractivity contribution in [1.29, 1.82) is 0 Å². The maximum atomic E-state index is 13.8. The number of methoxy groups -OCH3 is 1. The molecule has 0 aromatic heterocycles. The van der Waals surface area contributed by atoms with E-state index in [1.807, 2.05) is 0 Å². The van der Waals surface area contributed by atoms with E-state index in [-0.39, 0.29) is 11.6 Å². The van der Waals surface area contributed by atoms with E-state index in [0.29, 0.717) is 23.2 Å². The normalized spacial score (nSPS) is 12.8. The first-order chi connectivity index (χ1) is 8.07. The molecule has 1 aromatic carbocycles. The van der Waals surface area contributed by atoms with Crippen molar-refractivity contribution in [2.45, 2.75) is 6.04 Å². The second-order valence-corrected chi connectivity index (χ2v) is 4.67. The highest BCUT2D eigenvalue weighted by Crippen LogP contribution is 2.29. The van der Waals surface area contributed by atoms with Crippen LogP contribution in [0.15, 0.2) is 16.6 Å². The van der Waals surface area contributed by atoms with Gasteiger partial charge in [-0.25, -0.2) is 4.39 Å². The van der Waals surface area contributed by atoms with Crippen molar-refractivity contribution in [3.8, 4) is 0 Å². The van der Waals surface area contributed by atoms with Crippen LogP contribution in [0.4, 0.5) is 4.39 Å². The van der Waals surface area contributed by atoms with Crippen molar-refractivity contribution in [1.82, 2.24) is 0 Å². The molecule has 0 heterocycles. The van der Waals surface area contributed by atoms with E-state index in [2.05, 4.69) is 15.9 Å². The maximum Gasteiger partial charge on any atom is 0.147 e. The SMILES string of the molecule is COCCOCC(N)c1ccc(Br)c(Cl)c1F. The molecule has 17 heavy (non-hydrogen) atoms. The van der Waals surface area contributed by atoms with Crippen molar-refractivity contribution < 1.29 is 13.9 Å². The molecule has 0 radical (unpaired) electrons. The number of nitrogens with two attached hydrogens (primary N) is 1. The summed E-state index contributed by atoms with van der Waals surface area (Å²) in [7, 11) is 1.58. The molecule has 0 saturated heterocycles. The summed E-state index contributed by atoms with van der Waals surface area (Å²) in [6, 6.07) is 2.71. The minimum atomic E-state index is -0.544. The molecule has 0 amide bonds. The Labute approximate surface area is 113 Å². The Balaban J connectivity index is 2.63. The Morgan fingerprint density at radius 1 is 1.47 bits per heavy atom. The van der Waals surface area contributed by atoms with Gasteiger partial charge in [0.15, 0.2) is 0 Å². The van der Waals surface area contributed by atoms with Gasteiger partial charge in [-0.2, -0.15) is 0 Å². The van der Waals surface area contributed by atoms with Crippen LogP contribution in [0.2, 0.25) is 5.02 Å². The molecule has 0 bridgehead atoms. The molecule has 0 aliphatic heterocycles. The van der Waals surface area contributed by atoms with Crippen LogP contribution in [-0.2, 0) is 9.47 Å². The van der Waals surface area contributed by atoms with Gasteiger partial charge in [0.05, 0.1) is 30.9 Å². The van der Waals surface area contributed by atoms with Crippen LogP contribution in [0.3, 0.4) is 0 Å². The lowest BCUT2D eigenvalue weighted by Gasteiger charge is -2.14. The van der Waals surface area contributed by atoms with E-state index in [4.69, 9.17) is 26.8 Å². The molecule has 6 heteroatoms. The molecule has 0 saturated carbocycles. The van der Waals surface area contributed by atoms with Crippen LogP contribution in [0, 0.1) is 5.82 Å². The summed E-state index contributed by atoms with van der Waals surface area (Å²) in [4.78, 5) is 0. The Kier molecular flexibility index (Phi) is 6.37. The molecule has 1 atom stereocenters. The van der Waals surface area contributed by atoms with Crippen LogP contribution in [0.1, 0.15) is 11.6 Å². The molecule has 1 rings (SSSR count). The van der Waals surface area contributed by atoms with Gasteiger partial charge in [0.25, 0.3) is 0 Å². The molecule has 0 spiro atoms. The van der Waals surface area contributed by atoms with Gasteiger partial charge in [0, 0.05) is 17.1 Å². The van der Waals surface area contributed by atoms with Gasteiger partial charge in [-0.3, -0.25) is 0 Å². The molecule has 96 valence electrons. The Morgan fingerprint density at radius 3 is 2.82 bits per heavy atom. The van der Waals surface area contributed by atoms with E-state index < -0.39 is 11.9 Å². The average Bonchev–Trinajstić information content (AvgIpc) is 2.31. The molecule has 0 aliphatic rings. The highest BCUT2D eigenvalue weighted by atomic mass is 79.9. The van der Waals surface area contributed by atoms with Gasteiger partial charge >= 0.3 is 0 Å². The quantitative estimate of drug-likeness (QED) is 0.646.